The number of nitrogens with two attached hydrogens (primary N) is 1. The number of nitrogens with zero attached hydrogens (tertiary/aromatic N) is 1. The zero-order chi connectivity index (χ0) is 11.4. The van der Waals surface area contributed by atoms with Crippen LogP contribution in [-0.2, 0) is 6.61 Å². The van der Waals surface area contributed by atoms with Crippen molar-refractivity contribution in [1.82, 2.24) is 5.16 Å². The van der Waals surface area contributed by atoms with Gasteiger partial charge >= 0.3 is 0 Å². The van der Waals surface area contributed by atoms with Crippen LogP contribution in [-0.4, -0.2) is 5.16 Å². The van der Waals surface area contributed by atoms with E-state index in [9.17, 15) is 0 Å². The second-order valence-corrected chi connectivity index (χ2v) is 3.63. The average Bonchev–Trinajstić information content (AvgIpc) is 2.80. The Bertz CT molecular complexity index is 421. The first-order chi connectivity index (χ1) is 7.75. The molecule has 2 aromatic rings. The highest BCUT2D eigenvalue weighted by molar-refractivity contribution is 5.28. The van der Waals surface area contributed by atoms with Crippen LogP contribution in [0.4, 0.5) is 0 Å². The third kappa shape index (κ3) is 2.61. The van der Waals surface area contributed by atoms with Crippen LogP contribution in [0.2, 0.25) is 0 Å². The standard InChI is InChI=1S/C12H14N2O2/c1-9(13)10-2-4-11(5-3-10)15-8-12-6-7-14-16-12/h2-7,9H,8,13H2,1H3/t9-/m1/s1. The maximum Gasteiger partial charge on any atom is 0.174 e. The maximum atomic E-state index is 5.75. The van der Waals surface area contributed by atoms with Crippen LogP contribution in [0.3, 0.4) is 0 Å². The van der Waals surface area contributed by atoms with E-state index in [1.165, 1.54) is 0 Å². The molecule has 0 radical (unpaired) electrons. The Hall–Kier alpha value is -1.81. The number of rotatable bonds is 4. The Morgan fingerprint density at radius 3 is 2.62 bits per heavy atom. The summed E-state index contributed by atoms with van der Waals surface area (Å²) in [6.07, 6.45) is 1.60. The fourth-order valence-electron chi connectivity index (χ4n) is 1.34. The van der Waals surface area contributed by atoms with Crippen molar-refractivity contribution in [3.63, 3.8) is 0 Å². The van der Waals surface area contributed by atoms with Crippen molar-refractivity contribution < 1.29 is 9.26 Å². The molecule has 1 heterocycles. The number of benzene rings is 1. The molecule has 2 rings (SSSR count). The lowest BCUT2D eigenvalue weighted by molar-refractivity contribution is 0.249. The lowest BCUT2D eigenvalue weighted by atomic mass is 10.1. The number of hydrogen-bond acceptors (Lipinski definition) is 4. The zero-order valence-electron chi connectivity index (χ0n) is 9.09. The van der Waals surface area contributed by atoms with Crippen molar-refractivity contribution in [3.8, 4) is 5.75 Å². The van der Waals surface area contributed by atoms with Gasteiger partial charge < -0.3 is 15.0 Å². The zero-order valence-corrected chi connectivity index (χ0v) is 9.09. The molecule has 16 heavy (non-hydrogen) atoms. The molecule has 0 spiro atoms. The van der Waals surface area contributed by atoms with Gasteiger partial charge in [-0.1, -0.05) is 17.3 Å². The molecule has 0 amide bonds. The first kappa shape index (κ1) is 10.7. The molecule has 0 saturated heterocycles. The maximum absolute atomic E-state index is 5.75. The Kier molecular flexibility index (Phi) is 3.22. The molecule has 0 unspecified atom stereocenters. The van der Waals surface area contributed by atoms with Gasteiger partial charge in [0.15, 0.2) is 5.76 Å². The molecule has 1 aromatic carbocycles. The highest BCUT2D eigenvalue weighted by Gasteiger charge is 2.01. The van der Waals surface area contributed by atoms with E-state index in [-0.39, 0.29) is 6.04 Å². The van der Waals surface area contributed by atoms with Crippen molar-refractivity contribution in [2.75, 3.05) is 0 Å². The monoisotopic (exact) mass is 218 g/mol. The van der Waals surface area contributed by atoms with Gasteiger partial charge in [0.2, 0.25) is 0 Å². The summed E-state index contributed by atoms with van der Waals surface area (Å²) >= 11 is 0. The quantitative estimate of drug-likeness (QED) is 0.855. The molecular formula is C12H14N2O2. The minimum Gasteiger partial charge on any atom is -0.486 e. The van der Waals surface area contributed by atoms with Crippen molar-refractivity contribution in [1.29, 1.82) is 0 Å². The van der Waals surface area contributed by atoms with E-state index in [1.54, 1.807) is 12.3 Å². The molecule has 2 N–H and O–H groups in total. The van der Waals surface area contributed by atoms with Crippen molar-refractivity contribution in [2.45, 2.75) is 19.6 Å². The van der Waals surface area contributed by atoms with Gasteiger partial charge in [-0.3, -0.25) is 0 Å². The predicted octanol–water partition coefficient (Wildman–Crippen LogP) is 2.27. The lowest BCUT2D eigenvalue weighted by Crippen LogP contribution is -2.04. The second-order valence-electron chi connectivity index (χ2n) is 3.63. The number of aromatic nitrogens is 1. The minimum absolute atomic E-state index is 0.0447. The van der Waals surface area contributed by atoms with E-state index < -0.39 is 0 Å². The molecule has 0 fully saturated rings. The summed E-state index contributed by atoms with van der Waals surface area (Å²) in [5.74, 6) is 1.50. The minimum atomic E-state index is 0.0447. The molecule has 0 saturated carbocycles. The summed E-state index contributed by atoms with van der Waals surface area (Å²) in [5, 5.41) is 3.60. The molecule has 0 aliphatic rings. The second kappa shape index (κ2) is 4.81. The van der Waals surface area contributed by atoms with E-state index in [0.29, 0.717) is 12.4 Å². The van der Waals surface area contributed by atoms with Crippen LogP contribution >= 0.6 is 0 Å². The van der Waals surface area contributed by atoms with Crippen molar-refractivity contribution in [3.05, 3.63) is 47.9 Å². The van der Waals surface area contributed by atoms with E-state index in [2.05, 4.69) is 5.16 Å². The molecule has 1 atom stereocenters. The highest BCUT2D eigenvalue weighted by Crippen LogP contribution is 2.17. The average molecular weight is 218 g/mol. The van der Waals surface area contributed by atoms with Crippen LogP contribution in [0.15, 0.2) is 41.1 Å². The first-order valence-electron chi connectivity index (χ1n) is 5.13. The third-order valence-electron chi connectivity index (χ3n) is 2.28. The molecule has 0 bridgehead atoms. The summed E-state index contributed by atoms with van der Waals surface area (Å²) in [6.45, 7) is 2.34. The summed E-state index contributed by atoms with van der Waals surface area (Å²) in [4.78, 5) is 0. The molecule has 0 aliphatic heterocycles. The molecule has 0 aliphatic carbocycles. The van der Waals surface area contributed by atoms with Gasteiger partial charge in [0.25, 0.3) is 0 Å². The Morgan fingerprint density at radius 2 is 2.06 bits per heavy atom. The van der Waals surface area contributed by atoms with E-state index in [4.69, 9.17) is 15.0 Å². The van der Waals surface area contributed by atoms with Gasteiger partial charge in [0, 0.05) is 12.1 Å². The van der Waals surface area contributed by atoms with Gasteiger partial charge in [-0.15, -0.1) is 0 Å². The van der Waals surface area contributed by atoms with Crippen molar-refractivity contribution in [2.24, 2.45) is 5.73 Å². The largest absolute Gasteiger partial charge is 0.486 e. The molecule has 1 aromatic heterocycles. The SMILES string of the molecule is C[C@@H](N)c1ccc(OCc2ccno2)cc1. The molecule has 4 nitrogen and oxygen atoms in total. The van der Waals surface area contributed by atoms with Crippen molar-refractivity contribution >= 4 is 0 Å². The van der Waals surface area contributed by atoms with Crippen LogP contribution in [0.1, 0.15) is 24.3 Å². The first-order valence-corrected chi connectivity index (χ1v) is 5.13. The lowest BCUT2D eigenvalue weighted by Gasteiger charge is -2.07. The van der Waals surface area contributed by atoms with Gasteiger partial charge in [0.1, 0.15) is 12.4 Å². The van der Waals surface area contributed by atoms with Gasteiger partial charge in [-0.25, -0.2) is 0 Å². The van der Waals surface area contributed by atoms with Gasteiger partial charge in [-0.2, -0.15) is 0 Å². The Balaban J connectivity index is 1.95. The predicted molar refractivity (Wildman–Crippen MR) is 59.9 cm³/mol. The smallest absolute Gasteiger partial charge is 0.174 e. The summed E-state index contributed by atoms with van der Waals surface area (Å²) in [7, 11) is 0. The van der Waals surface area contributed by atoms with E-state index in [0.717, 1.165) is 11.3 Å². The summed E-state index contributed by atoms with van der Waals surface area (Å²) in [6, 6.07) is 9.53. The molecular weight excluding hydrogens is 204 g/mol. The highest BCUT2D eigenvalue weighted by atomic mass is 16.5. The number of ether oxygens (including phenoxy) is 1. The van der Waals surface area contributed by atoms with Gasteiger partial charge in [0.05, 0.1) is 6.20 Å². The normalized spacial score (nSPS) is 12.4. The Labute approximate surface area is 94.0 Å². The van der Waals surface area contributed by atoms with E-state index >= 15 is 0 Å². The summed E-state index contributed by atoms with van der Waals surface area (Å²) in [5.41, 5.74) is 6.84. The van der Waals surface area contributed by atoms with Gasteiger partial charge in [-0.05, 0) is 24.6 Å². The van der Waals surface area contributed by atoms with Crippen LogP contribution in [0.5, 0.6) is 5.75 Å². The Morgan fingerprint density at radius 1 is 1.31 bits per heavy atom. The summed E-state index contributed by atoms with van der Waals surface area (Å²) < 4.78 is 10.4. The fourth-order valence-corrected chi connectivity index (χ4v) is 1.34. The topological polar surface area (TPSA) is 61.3 Å². The number of hydrogen-bond donors (Lipinski definition) is 1. The fraction of sp³-hybridized carbons (Fsp3) is 0.250. The third-order valence-corrected chi connectivity index (χ3v) is 2.28. The van der Waals surface area contributed by atoms with Crippen LogP contribution in [0, 0.1) is 0 Å². The molecule has 84 valence electrons. The van der Waals surface area contributed by atoms with Crippen LogP contribution in [0.25, 0.3) is 0 Å². The molecule has 4 heteroatoms. The van der Waals surface area contributed by atoms with Crippen LogP contribution < -0.4 is 10.5 Å². The van der Waals surface area contributed by atoms with E-state index in [1.807, 2.05) is 31.2 Å².